The number of nitrogens with zero attached hydrogens (tertiary/aromatic N) is 5. The standard InChI is InChI=1S/C12H11N5O2/c1-7-5-8(2)17(15-7)11-4-3-9(14-16-13)6-10(11)12(18)19/h3-6H,1-2H3,(H,18,19). The number of carbonyl (C=O) groups is 1. The molecule has 0 unspecified atom stereocenters. The molecule has 1 heterocycles. The second-order valence-electron chi connectivity index (χ2n) is 4.03. The molecule has 1 aromatic carbocycles. The topological polar surface area (TPSA) is 104 Å². The molecule has 0 atom stereocenters. The van der Waals surface area contributed by atoms with E-state index >= 15 is 0 Å². The van der Waals surface area contributed by atoms with Crippen molar-refractivity contribution in [1.82, 2.24) is 9.78 Å². The molecular formula is C12H11N5O2. The lowest BCUT2D eigenvalue weighted by Gasteiger charge is -2.08. The molecule has 1 aromatic heterocycles. The average Bonchev–Trinajstić information content (AvgIpc) is 2.68. The van der Waals surface area contributed by atoms with E-state index in [1.54, 1.807) is 16.8 Å². The molecular weight excluding hydrogens is 246 g/mol. The zero-order valence-corrected chi connectivity index (χ0v) is 10.4. The maximum Gasteiger partial charge on any atom is 0.337 e. The third-order valence-corrected chi connectivity index (χ3v) is 2.61. The van der Waals surface area contributed by atoms with E-state index in [1.165, 1.54) is 6.07 Å². The third kappa shape index (κ3) is 2.41. The highest BCUT2D eigenvalue weighted by molar-refractivity contribution is 5.93. The van der Waals surface area contributed by atoms with E-state index in [0.29, 0.717) is 5.69 Å². The predicted molar refractivity (Wildman–Crippen MR) is 68.8 cm³/mol. The molecule has 0 spiro atoms. The Morgan fingerprint density at radius 3 is 2.68 bits per heavy atom. The summed E-state index contributed by atoms with van der Waals surface area (Å²) in [5, 5.41) is 16.9. The molecule has 0 saturated carbocycles. The third-order valence-electron chi connectivity index (χ3n) is 2.61. The van der Waals surface area contributed by atoms with E-state index < -0.39 is 5.97 Å². The van der Waals surface area contributed by atoms with Gasteiger partial charge in [-0.2, -0.15) is 5.10 Å². The molecule has 0 fully saturated rings. The number of azide groups is 1. The predicted octanol–water partition coefficient (Wildman–Crippen LogP) is 3.13. The fourth-order valence-corrected chi connectivity index (χ4v) is 1.87. The van der Waals surface area contributed by atoms with Crippen LogP contribution < -0.4 is 0 Å². The Bertz CT molecular complexity index is 698. The minimum atomic E-state index is -1.10. The van der Waals surface area contributed by atoms with Gasteiger partial charge in [0.15, 0.2) is 0 Å². The highest BCUT2D eigenvalue weighted by Crippen LogP contribution is 2.23. The van der Waals surface area contributed by atoms with Gasteiger partial charge in [0.1, 0.15) is 0 Å². The van der Waals surface area contributed by atoms with Crippen LogP contribution in [0.3, 0.4) is 0 Å². The number of aromatic carboxylic acids is 1. The molecule has 0 bridgehead atoms. The lowest BCUT2D eigenvalue weighted by Crippen LogP contribution is -2.07. The lowest BCUT2D eigenvalue weighted by molar-refractivity contribution is 0.0696. The number of carboxylic acids is 1. The summed E-state index contributed by atoms with van der Waals surface area (Å²) in [7, 11) is 0. The lowest BCUT2D eigenvalue weighted by atomic mass is 10.1. The van der Waals surface area contributed by atoms with Crippen LogP contribution in [0.25, 0.3) is 16.1 Å². The number of aryl methyl sites for hydroxylation is 2. The van der Waals surface area contributed by atoms with Crippen molar-refractivity contribution in [2.75, 3.05) is 0 Å². The number of rotatable bonds is 3. The highest BCUT2D eigenvalue weighted by atomic mass is 16.4. The SMILES string of the molecule is Cc1cc(C)n(-c2ccc(N=[N+]=[N-])cc2C(=O)O)n1. The number of hydrogen-bond donors (Lipinski definition) is 1. The van der Waals surface area contributed by atoms with E-state index in [9.17, 15) is 9.90 Å². The Hall–Kier alpha value is -2.79. The minimum absolute atomic E-state index is 0.0381. The second kappa shape index (κ2) is 4.83. The van der Waals surface area contributed by atoms with Gasteiger partial charge in [0.05, 0.1) is 16.9 Å². The van der Waals surface area contributed by atoms with Gasteiger partial charge in [-0.25, -0.2) is 9.48 Å². The zero-order valence-electron chi connectivity index (χ0n) is 10.4. The van der Waals surface area contributed by atoms with Gasteiger partial charge in [0.2, 0.25) is 0 Å². The van der Waals surface area contributed by atoms with Crippen LogP contribution in [-0.4, -0.2) is 20.9 Å². The Morgan fingerprint density at radius 2 is 2.16 bits per heavy atom. The Morgan fingerprint density at radius 1 is 1.42 bits per heavy atom. The molecule has 96 valence electrons. The average molecular weight is 257 g/mol. The summed E-state index contributed by atoms with van der Waals surface area (Å²) in [4.78, 5) is 13.9. The van der Waals surface area contributed by atoms with Crippen molar-refractivity contribution in [2.45, 2.75) is 13.8 Å². The molecule has 0 radical (unpaired) electrons. The number of carboxylic acid groups (broad SMARTS) is 1. The first-order valence-corrected chi connectivity index (χ1v) is 5.49. The first-order chi connectivity index (χ1) is 9.02. The van der Waals surface area contributed by atoms with Crippen LogP contribution in [0.2, 0.25) is 0 Å². The summed E-state index contributed by atoms with van der Waals surface area (Å²) in [5.74, 6) is -1.10. The Kier molecular flexibility index (Phi) is 3.22. The number of hydrogen-bond acceptors (Lipinski definition) is 3. The molecule has 0 aliphatic rings. The molecule has 2 aromatic rings. The summed E-state index contributed by atoms with van der Waals surface area (Å²) < 4.78 is 1.55. The number of aromatic nitrogens is 2. The van der Waals surface area contributed by atoms with E-state index in [-0.39, 0.29) is 11.3 Å². The van der Waals surface area contributed by atoms with Gasteiger partial charge in [-0.3, -0.25) is 0 Å². The van der Waals surface area contributed by atoms with E-state index in [0.717, 1.165) is 11.4 Å². The van der Waals surface area contributed by atoms with Crippen molar-refractivity contribution in [3.63, 3.8) is 0 Å². The molecule has 0 aliphatic carbocycles. The molecule has 0 aliphatic heterocycles. The van der Waals surface area contributed by atoms with Crippen LogP contribution in [0.5, 0.6) is 0 Å². The first-order valence-electron chi connectivity index (χ1n) is 5.49. The van der Waals surface area contributed by atoms with Gasteiger partial charge in [-0.05, 0) is 37.6 Å². The van der Waals surface area contributed by atoms with Gasteiger partial charge in [-0.1, -0.05) is 11.2 Å². The maximum absolute atomic E-state index is 11.3. The number of benzene rings is 1. The van der Waals surface area contributed by atoms with Crippen LogP contribution in [0.1, 0.15) is 21.7 Å². The fourth-order valence-electron chi connectivity index (χ4n) is 1.87. The quantitative estimate of drug-likeness (QED) is 0.518. The summed E-state index contributed by atoms with van der Waals surface area (Å²) in [6, 6.07) is 6.31. The monoisotopic (exact) mass is 257 g/mol. The fraction of sp³-hybridized carbons (Fsp3) is 0.167. The molecule has 0 saturated heterocycles. The summed E-state index contributed by atoms with van der Waals surface area (Å²) in [5.41, 5.74) is 10.7. The Labute approximate surface area is 108 Å². The molecule has 19 heavy (non-hydrogen) atoms. The molecule has 1 N–H and O–H groups in total. The van der Waals surface area contributed by atoms with Crippen LogP contribution >= 0.6 is 0 Å². The van der Waals surface area contributed by atoms with Crippen molar-refractivity contribution in [3.05, 3.63) is 51.7 Å². The summed E-state index contributed by atoms with van der Waals surface area (Å²) in [6.45, 7) is 3.67. The summed E-state index contributed by atoms with van der Waals surface area (Å²) in [6.07, 6.45) is 0. The van der Waals surface area contributed by atoms with Crippen molar-refractivity contribution >= 4 is 11.7 Å². The van der Waals surface area contributed by atoms with Crippen molar-refractivity contribution in [2.24, 2.45) is 5.11 Å². The second-order valence-corrected chi connectivity index (χ2v) is 4.03. The van der Waals surface area contributed by atoms with E-state index in [1.807, 2.05) is 19.9 Å². The normalized spacial score (nSPS) is 10.0. The molecule has 7 heteroatoms. The summed E-state index contributed by atoms with van der Waals surface area (Å²) >= 11 is 0. The molecule has 0 amide bonds. The Balaban J connectivity index is 2.66. The van der Waals surface area contributed by atoms with Crippen molar-refractivity contribution in [3.8, 4) is 5.69 Å². The van der Waals surface area contributed by atoms with Crippen molar-refractivity contribution in [1.29, 1.82) is 0 Å². The molecule has 7 nitrogen and oxygen atoms in total. The van der Waals surface area contributed by atoms with Crippen LogP contribution in [0.15, 0.2) is 29.4 Å². The first kappa shape index (κ1) is 12.7. The van der Waals surface area contributed by atoms with Crippen LogP contribution in [0, 0.1) is 13.8 Å². The minimum Gasteiger partial charge on any atom is -0.478 e. The van der Waals surface area contributed by atoms with E-state index in [4.69, 9.17) is 5.53 Å². The van der Waals surface area contributed by atoms with Crippen molar-refractivity contribution < 1.29 is 9.90 Å². The van der Waals surface area contributed by atoms with Gasteiger partial charge in [0.25, 0.3) is 0 Å². The van der Waals surface area contributed by atoms with Gasteiger partial charge < -0.3 is 5.11 Å². The largest absolute Gasteiger partial charge is 0.478 e. The molecule has 2 rings (SSSR count). The smallest absolute Gasteiger partial charge is 0.337 e. The maximum atomic E-state index is 11.3. The van der Waals surface area contributed by atoms with Crippen LogP contribution in [-0.2, 0) is 0 Å². The van der Waals surface area contributed by atoms with Gasteiger partial charge >= 0.3 is 5.97 Å². The van der Waals surface area contributed by atoms with Crippen LogP contribution in [0.4, 0.5) is 5.69 Å². The zero-order chi connectivity index (χ0) is 14.0. The van der Waals surface area contributed by atoms with Gasteiger partial charge in [-0.15, -0.1) is 0 Å². The van der Waals surface area contributed by atoms with E-state index in [2.05, 4.69) is 15.1 Å². The van der Waals surface area contributed by atoms with Gasteiger partial charge in [0, 0.05) is 16.3 Å². The highest BCUT2D eigenvalue weighted by Gasteiger charge is 2.14.